The minimum atomic E-state index is -0.165. The molecule has 3 aliphatic rings. The molecule has 0 unspecified atom stereocenters. The van der Waals surface area contributed by atoms with Crippen LogP contribution in [-0.2, 0) is 19.5 Å². The van der Waals surface area contributed by atoms with E-state index >= 15 is 0 Å². The first kappa shape index (κ1) is 21.2. The van der Waals surface area contributed by atoms with Crippen molar-refractivity contribution >= 4 is 11.6 Å². The van der Waals surface area contributed by atoms with Crippen LogP contribution in [0, 0.1) is 5.82 Å². The van der Waals surface area contributed by atoms with Gasteiger partial charge in [0.15, 0.2) is 11.5 Å². The van der Waals surface area contributed by atoms with E-state index in [0.717, 1.165) is 75.4 Å². The summed E-state index contributed by atoms with van der Waals surface area (Å²) in [6, 6.07) is 13.2. The van der Waals surface area contributed by atoms with Gasteiger partial charge in [-0.3, -0.25) is 4.90 Å². The van der Waals surface area contributed by atoms with Crippen LogP contribution in [0.3, 0.4) is 0 Å². The monoisotopic (exact) mass is 461 g/mol. The lowest BCUT2D eigenvalue weighted by Gasteiger charge is -2.36. The number of piperazine rings is 1. The number of anilines is 2. The second kappa shape index (κ2) is 9.10. The van der Waals surface area contributed by atoms with E-state index < -0.39 is 0 Å². The summed E-state index contributed by atoms with van der Waals surface area (Å²) in [5.41, 5.74) is 4.22. The van der Waals surface area contributed by atoms with Gasteiger partial charge in [-0.25, -0.2) is 14.4 Å². The highest BCUT2D eigenvalue weighted by molar-refractivity contribution is 5.50. The highest BCUT2D eigenvalue weighted by atomic mass is 19.1. The Labute approximate surface area is 198 Å². The zero-order valence-electron chi connectivity index (χ0n) is 19.1. The maximum Gasteiger partial charge on any atom is 0.225 e. The number of fused-ring (bicyclic) bond motifs is 2. The summed E-state index contributed by atoms with van der Waals surface area (Å²) in [5, 5.41) is 0. The van der Waals surface area contributed by atoms with E-state index in [9.17, 15) is 4.39 Å². The van der Waals surface area contributed by atoms with Crippen LogP contribution in [0.25, 0.3) is 0 Å². The lowest BCUT2D eigenvalue weighted by molar-refractivity contribution is 0.171. The van der Waals surface area contributed by atoms with Crippen molar-refractivity contribution in [3.05, 3.63) is 71.3 Å². The summed E-state index contributed by atoms with van der Waals surface area (Å²) >= 11 is 0. The quantitative estimate of drug-likeness (QED) is 0.591. The molecule has 4 heterocycles. The molecule has 1 saturated heterocycles. The molecule has 0 radical (unpaired) electrons. The van der Waals surface area contributed by atoms with Crippen molar-refractivity contribution in [1.82, 2.24) is 14.9 Å². The predicted octanol–water partition coefficient (Wildman–Crippen LogP) is 3.27. The van der Waals surface area contributed by atoms with Crippen molar-refractivity contribution in [2.45, 2.75) is 19.5 Å². The Morgan fingerprint density at radius 3 is 2.53 bits per heavy atom. The summed E-state index contributed by atoms with van der Waals surface area (Å²) in [7, 11) is 0. The van der Waals surface area contributed by atoms with Crippen LogP contribution >= 0.6 is 0 Å². The fourth-order valence-corrected chi connectivity index (χ4v) is 4.95. The Morgan fingerprint density at radius 2 is 1.68 bits per heavy atom. The molecule has 0 atom stereocenters. The summed E-state index contributed by atoms with van der Waals surface area (Å²) in [6.07, 6.45) is 2.89. The van der Waals surface area contributed by atoms with Gasteiger partial charge in [-0.05, 0) is 29.8 Å². The minimum Gasteiger partial charge on any atom is -0.486 e. The van der Waals surface area contributed by atoms with Crippen molar-refractivity contribution in [2.75, 3.05) is 55.7 Å². The van der Waals surface area contributed by atoms with Crippen LogP contribution in [0.2, 0.25) is 0 Å². The van der Waals surface area contributed by atoms with Gasteiger partial charge in [-0.1, -0.05) is 18.2 Å². The third kappa shape index (κ3) is 4.25. The van der Waals surface area contributed by atoms with Crippen molar-refractivity contribution in [3.63, 3.8) is 0 Å². The number of nitrogens with zero attached hydrogens (tertiary/aromatic N) is 5. The minimum absolute atomic E-state index is 0.165. The molecular weight excluding hydrogens is 433 g/mol. The number of benzene rings is 2. The zero-order chi connectivity index (χ0) is 22.9. The molecule has 0 N–H and O–H groups in total. The van der Waals surface area contributed by atoms with Crippen LogP contribution in [-0.4, -0.2) is 60.8 Å². The van der Waals surface area contributed by atoms with Crippen LogP contribution in [0.5, 0.6) is 11.5 Å². The topological polar surface area (TPSA) is 54.0 Å². The van der Waals surface area contributed by atoms with E-state index in [2.05, 4.69) is 31.8 Å². The molecule has 1 aromatic heterocycles. The molecule has 1 fully saturated rings. The van der Waals surface area contributed by atoms with Gasteiger partial charge in [0.05, 0.1) is 11.4 Å². The van der Waals surface area contributed by atoms with E-state index in [1.54, 1.807) is 6.07 Å². The summed E-state index contributed by atoms with van der Waals surface area (Å²) in [6.45, 7) is 6.94. The average Bonchev–Trinajstić information content (AvgIpc) is 2.89. The Bertz CT molecular complexity index is 1180. The molecule has 0 bridgehead atoms. The van der Waals surface area contributed by atoms with E-state index in [0.29, 0.717) is 18.9 Å². The first-order valence-corrected chi connectivity index (χ1v) is 11.9. The maximum absolute atomic E-state index is 14.1. The zero-order valence-corrected chi connectivity index (χ0v) is 19.1. The number of rotatable bonds is 4. The summed E-state index contributed by atoms with van der Waals surface area (Å²) in [5.74, 6) is 2.29. The number of hydrogen-bond acceptors (Lipinski definition) is 7. The molecule has 0 amide bonds. The van der Waals surface area contributed by atoms with Gasteiger partial charge in [0.2, 0.25) is 5.95 Å². The largest absolute Gasteiger partial charge is 0.486 e. The fraction of sp³-hybridized carbons (Fsp3) is 0.385. The number of hydrogen-bond donors (Lipinski definition) is 0. The van der Waals surface area contributed by atoms with Crippen LogP contribution in [0.1, 0.15) is 16.8 Å². The summed E-state index contributed by atoms with van der Waals surface area (Å²) in [4.78, 5) is 16.3. The molecule has 8 heteroatoms. The van der Waals surface area contributed by atoms with Gasteiger partial charge in [-0.15, -0.1) is 0 Å². The van der Waals surface area contributed by atoms with Crippen LogP contribution in [0.4, 0.5) is 16.0 Å². The normalized spacial score (nSPS) is 18.0. The number of para-hydroxylation sites is 1. The van der Waals surface area contributed by atoms with Gasteiger partial charge in [-0.2, -0.15) is 0 Å². The van der Waals surface area contributed by atoms with Crippen molar-refractivity contribution < 1.29 is 13.9 Å². The first-order valence-electron chi connectivity index (χ1n) is 11.9. The van der Waals surface area contributed by atoms with Crippen molar-refractivity contribution in [3.8, 4) is 11.5 Å². The second-order valence-electron chi connectivity index (χ2n) is 9.01. The molecule has 7 nitrogen and oxygen atoms in total. The summed E-state index contributed by atoms with van der Waals surface area (Å²) < 4.78 is 25.5. The molecular formula is C26H28FN5O2. The molecule has 2 aromatic carbocycles. The highest BCUT2D eigenvalue weighted by Crippen LogP contribution is 2.32. The van der Waals surface area contributed by atoms with Crippen molar-refractivity contribution in [1.29, 1.82) is 0 Å². The number of halogens is 1. The third-order valence-electron chi connectivity index (χ3n) is 6.77. The Kier molecular flexibility index (Phi) is 5.66. The molecule has 3 aromatic rings. The smallest absolute Gasteiger partial charge is 0.225 e. The van der Waals surface area contributed by atoms with Crippen molar-refractivity contribution in [2.24, 2.45) is 0 Å². The number of ether oxygens (including phenoxy) is 2. The Morgan fingerprint density at radius 1 is 0.882 bits per heavy atom. The first-order chi connectivity index (χ1) is 16.7. The molecule has 6 rings (SSSR count). The van der Waals surface area contributed by atoms with Gasteiger partial charge in [0.25, 0.3) is 0 Å². The SMILES string of the molecule is Fc1ccccc1N1CCN(c2ncc3c(n2)CCN(Cc2ccc4c(c2)OCCO4)C3)CC1. The van der Waals surface area contributed by atoms with E-state index in [1.807, 2.05) is 24.4 Å². The van der Waals surface area contributed by atoms with Gasteiger partial charge >= 0.3 is 0 Å². The second-order valence-corrected chi connectivity index (χ2v) is 9.01. The standard InChI is InChI=1S/C26H28FN5O2/c27-21-3-1-2-4-23(21)31-9-11-32(12-10-31)26-28-16-20-18-30(8-7-22(20)29-26)17-19-5-6-24-25(15-19)34-14-13-33-24/h1-6,15-16H,7-14,17-18H2. The third-order valence-corrected chi connectivity index (χ3v) is 6.77. The molecule has 3 aliphatic heterocycles. The van der Waals surface area contributed by atoms with Gasteiger partial charge in [0.1, 0.15) is 19.0 Å². The highest BCUT2D eigenvalue weighted by Gasteiger charge is 2.24. The fourth-order valence-electron chi connectivity index (χ4n) is 4.95. The van der Waals surface area contributed by atoms with Crippen LogP contribution in [0.15, 0.2) is 48.7 Å². The lowest BCUT2D eigenvalue weighted by Crippen LogP contribution is -2.47. The maximum atomic E-state index is 14.1. The lowest BCUT2D eigenvalue weighted by atomic mass is 10.1. The molecule has 176 valence electrons. The Hall–Kier alpha value is -3.39. The van der Waals surface area contributed by atoms with Crippen LogP contribution < -0.4 is 19.3 Å². The predicted molar refractivity (Wildman–Crippen MR) is 128 cm³/mol. The Balaban J connectivity index is 1.08. The number of aromatic nitrogens is 2. The van der Waals surface area contributed by atoms with Gasteiger partial charge in [0, 0.05) is 64.0 Å². The average molecular weight is 462 g/mol. The molecule has 0 saturated carbocycles. The van der Waals surface area contributed by atoms with Gasteiger partial charge < -0.3 is 19.3 Å². The van der Waals surface area contributed by atoms with E-state index in [4.69, 9.17) is 14.5 Å². The van der Waals surface area contributed by atoms with E-state index in [-0.39, 0.29) is 5.82 Å². The molecule has 0 spiro atoms. The van der Waals surface area contributed by atoms with E-state index in [1.165, 1.54) is 17.2 Å². The molecule has 0 aliphatic carbocycles. The molecule has 34 heavy (non-hydrogen) atoms.